The normalized spacial score (nSPS) is 14.2. The molecule has 13 heavy (non-hydrogen) atoms. The summed E-state index contributed by atoms with van der Waals surface area (Å²) in [4.78, 5) is 11.3. The minimum Gasteiger partial charge on any atom is -0.287 e. The van der Waals surface area contributed by atoms with Gasteiger partial charge in [0.1, 0.15) is 0 Å². The second kappa shape index (κ2) is 5.69. The lowest BCUT2D eigenvalue weighted by Gasteiger charge is -2.22. The Balaban J connectivity index is 3.74. The second-order valence-corrected chi connectivity index (χ2v) is 6.20. The summed E-state index contributed by atoms with van der Waals surface area (Å²) >= 11 is 1.45. The van der Waals surface area contributed by atoms with Crippen LogP contribution in [0, 0.1) is 11.3 Å². The van der Waals surface area contributed by atoms with Crippen LogP contribution in [0.3, 0.4) is 0 Å². The predicted octanol–water partition coefficient (Wildman–Crippen LogP) is 3.73. The monoisotopic (exact) mass is 202 g/mol. The van der Waals surface area contributed by atoms with Gasteiger partial charge in [0, 0.05) is 6.42 Å². The SMILES string of the molecule is CCSC(=O)CC(C)CC(C)(C)C. The molecule has 1 nitrogen and oxygen atoms in total. The molecule has 0 fully saturated rings. The quantitative estimate of drug-likeness (QED) is 0.691. The van der Waals surface area contributed by atoms with Crippen molar-refractivity contribution in [2.24, 2.45) is 11.3 Å². The zero-order chi connectivity index (χ0) is 10.5. The first-order chi connectivity index (χ1) is 5.85. The molecule has 0 rings (SSSR count). The molecule has 0 saturated carbocycles. The summed E-state index contributed by atoms with van der Waals surface area (Å²) in [6, 6.07) is 0. The van der Waals surface area contributed by atoms with E-state index in [1.807, 2.05) is 6.92 Å². The van der Waals surface area contributed by atoms with Gasteiger partial charge in [-0.3, -0.25) is 4.79 Å². The van der Waals surface area contributed by atoms with Gasteiger partial charge in [-0.25, -0.2) is 0 Å². The van der Waals surface area contributed by atoms with Gasteiger partial charge in [0.15, 0.2) is 5.12 Å². The Labute approximate surface area is 86.7 Å². The fourth-order valence-electron chi connectivity index (χ4n) is 1.62. The summed E-state index contributed by atoms with van der Waals surface area (Å²) in [7, 11) is 0. The maximum atomic E-state index is 11.3. The molecule has 2 heteroatoms. The highest BCUT2D eigenvalue weighted by atomic mass is 32.2. The van der Waals surface area contributed by atoms with Crippen LogP contribution in [0.15, 0.2) is 0 Å². The van der Waals surface area contributed by atoms with Crippen molar-refractivity contribution < 1.29 is 4.79 Å². The Morgan fingerprint density at radius 1 is 1.38 bits per heavy atom. The van der Waals surface area contributed by atoms with Crippen LogP contribution in [-0.2, 0) is 4.79 Å². The van der Waals surface area contributed by atoms with Gasteiger partial charge in [-0.15, -0.1) is 0 Å². The van der Waals surface area contributed by atoms with E-state index in [0.29, 0.717) is 16.4 Å². The number of thioether (sulfide) groups is 1. The van der Waals surface area contributed by atoms with Gasteiger partial charge in [0.2, 0.25) is 0 Å². The highest BCUT2D eigenvalue weighted by Gasteiger charge is 2.17. The van der Waals surface area contributed by atoms with Crippen LogP contribution in [0.4, 0.5) is 0 Å². The lowest BCUT2D eigenvalue weighted by Crippen LogP contribution is -2.13. The zero-order valence-corrected chi connectivity index (χ0v) is 10.3. The van der Waals surface area contributed by atoms with Crippen molar-refractivity contribution in [1.29, 1.82) is 0 Å². The van der Waals surface area contributed by atoms with Crippen molar-refractivity contribution in [2.75, 3.05) is 5.75 Å². The minimum absolute atomic E-state index is 0.344. The Bertz CT molecular complexity index is 158. The number of rotatable bonds is 4. The molecule has 0 aromatic heterocycles. The summed E-state index contributed by atoms with van der Waals surface area (Å²) in [5.41, 5.74) is 0.344. The fourth-order valence-corrected chi connectivity index (χ4v) is 2.35. The van der Waals surface area contributed by atoms with E-state index in [-0.39, 0.29) is 0 Å². The van der Waals surface area contributed by atoms with Crippen molar-refractivity contribution in [1.82, 2.24) is 0 Å². The summed E-state index contributed by atoms with van der Waals surface area (Å²) in [5, 5.41) is 0.347. The largest absolute Gasteiger partial charge is 0.287 e. The van der Waals surface area contributed by atoms with E-state index in [1.165, 1.54) is 11.8 Å². The van der Waals surface area contributed by atoms with Gasteiger partial charge >= 0.3 is 0 Å². The Hall–Kier alpha value is 0.0200. The third-order valence-electron chi connectivity index (χ3n) is 1.78. The van der Waals surface area contributed by atoms with Crippen molar-refractivity contribution >= 4 is 16.9 Å². The Morgan fingerprint density at radius 2 is 1.92 bits per heavy atom. The van der Waals surface area contributed by atoms with Gasteiger partial charge in [0.25, 0.3) is 0 Å². The van der Waals surface area contributed by atoms with E-state index in [0.717, 1.165) is 18.6 Å². The first kappa shape index (κ1) is 13.0. The van der Waals surface area contributed by atoms with Crippen LogP contribution >= 0.6 is 11.8 Å². The molecular weight excluding hydrogens is 180 g/mol. The molecule has 0 aromatic carbocycles. The maximum Gasteiger partial charge on any atom is 0.189 e. The second-order valence-electron chi connectivity index (χ2n) is 4.88. The predicted molar refractivity (Wildman–Crippen MR) is 61.0 cm³/mol. The first-order valence-corrected chi connectivity index (χ1v) is 5.99. The topological polar surface area (TPSA) is 17.1 Å². The molecule has 78 valence electrons. The minimum atomic E-state index is 0.344. The van der Waals surface area contributed by atoms with Crippen LogP contribution in [0.2, 0.25) is 0 Å². The molecule has 0 aromatic rings. The molecule has 0 spiro atoms. The summed E-state index contributed by atoms with van der Waals surface area (Å²) < 4.78 is 0. The Morgan fingerprint density at radius 3 is 2.31 bits per heavy atom. The van der Waals surface area contributed by atoms with Crippen molar-refractivity contribution in [3.05, 3.63) is 0 Å². The molecular formula is C11H22OS. The van der Waals surface area contributed by atoms with Crippen LogP contribution in [-0.4, -0.2) is 10.9 Å². The number of hydrogen-bond acceptors (Lipinski definition) is 2. The molecule has 0 aliphatic rings. The smallest absolute Gasteiger partial charge is 0.189 e. The average molecular weight is 202 g/mol. The summed E-state index contributed by atoms with van der Waals surface area (Å²) in [5.74, 6) is 1.42. The molecule has 1 atom stereocenters. The van der Waals surface area contributed by atoms with Gasteiger partial charge < -0.3 is 0 Å². The van der Waals surface area contributed by atoms with E-state index < -0.39 is 0 Å². The van der Waals surface area contributed by atoms with Gasteiger partial charge in [-0.2, -0.15) is 0 Å². The standard InChI is InChI=1S/C11H22OS/c1-6-13-10(12)7-9(2)8-11(3,4)5/h9H,6-8H2,1-5H3. The molecule has 1 unspecified atom stereocenters. The van der Waals surface area contributed by atoms with E-state index in [9.17, 15) is 4.79 Å². The van der Waals surface area contributed by atoms with Crippen LogP contribution in [0.1, 0.15) is 47.5 Å². The molecule has 0 bridgehead atoms. The van der Waals surface area contributed by atoms with Crippen molar-refractivity contribution in [3.8, 4) is 0 Å². The fraction of sp³-hybridized carbons (Fsp3) is 0.909. The van der Waals surface area contributed by atoms with Crippen LogP contribution < -0.4 is 0 Å². The number of carbonyl (C=O) groups is 1. The van der Waals surface area contributed by atoms with E-state index in [2.05, 4.69) is 27.7 Å². The average Bonchev–Trinajstić information content (AvgIpc) is 1.81. The van der Waals surface area contributed by atoms with E-state index in [4.69, 9.17) is 0 Å². The van der Waals surface area contributed by atoms with Gasteiger partial charge in [-0.1, -0.05) is 46.4 Å². The molecule has 0 amide bonds. The number of hydrogen-bond donors (Lipinski definition) is 0. The molecule has 0 aliphatic carbocycles. The van der Waals surface area contributed by atoms with Crippen molar-refractivity contribution in [2.45, 2.75) is 47.5 Å². The highest BCUT2D eigenvalue weighted by molar-refractivity contribution is 8.13. The van der Waals surface area contributed by atoms with Gasteiger partial charge in [0.05, 0.1) is 0 Å². The van der Waals surface area contributed by atoms with E-state index >= 15 is 0 Å². The molecule has 0 aliphatic heterocycles. The maximum absolute atomic E-state index is 11.3. The lowest BCUT2D eigenvalue weighted by molar-refractivity contribution is -0.111. The van der Waals surface area contributed by atoms with Crippen LogP contribution in [0.5, 0.6) is 0 Å². The first-order valence-electron chi connectivity index (χ1n) is 5.00. The third-order valence-corrected chi connectivity index (χ3v) is 2.56. The molecule has 0 saturated heterocycles. The lowest BCUT2D eigenvalue weighted by atomic mass is 9.84. The van der Waals surface area contributed by atoms with E-state index in [1.54, 1.807) is 0 Å². The van der Waals surface area contributed by atoms with Gasteiger partial charge in [-0.05, 0) is 23.5 Å². The summed E-state index contributed by atoms with van der Waals surface area (Å²) in [6.45, 7) is 10.9. The van der Waals surface area contributed by atoms with Crippen molar-refractivity contribution in [3.63, 3.8) is 0 Å². The molecule has 0 heterocycles. The highest BCUT2D eigenvalue weighted by Crippen LogP contribution is 2.27. The zero-order valence-electron chi connectivity index (χ0n) is 9.52. The Kier molecular flexibility index (Phi) is 5.70. The molecule has 0 radical (unpaired) electrons. The summed E-state index contributed by atoms with van der Waals surface area (Å²) in [6.07, 6.45) is 1.86. The number of carbonyl (C=O) groups excluding carboxylic acids is 1. The molecule has 0 N–H and O–H groups in total. The van der Waals surface area contributed by atoms with Crippen LogP contribution in [0.25, 0.3) is 0 Å². The third kappa shape index (κ3) is 8.35.